The van der Waals surface area contributed by atoms with Crippen LogP contribution in [0.1, 0.15) is 81.5 Å². The van der Waals surface area contributed by atoms with E-state index in [9.17, 15) is 22.8 Å². The zero-order valence-corrected chi connectivity index (χ0v) is 22.3. The number of benzene rings is 3. The smallest absolute Gasteiger partial charge is 0.416 e. The van der Waals surface area contributed by atoms with E-state index in [1.165, 1.54) is 19.2 Å². The molecule has 2 saturated carbocycles. The lowest BCUT2D eigenvalue weighted by molar-refractivity contribution is -0.137. The summed E-state index contributed by atoms with van der Waals surface area (Å²) in [7, 11) is 1.34. The van der Waals surface area contributed by atoms with Crippen LogP contribution in [0.25, 0.3) is 0 Å². The van der Waals surface area contributed by atoms with Crippen LogP contribution < -0.4 is 10.2 Å². The third kappa shape index (κ3) is 4.63. The molecule has 2 fully saturated rings. The van der Waals surface area contributed by atoms with Crippen molar-refractivity contribution in [1.82, 2.24) is 5.32 Å². The Kier molecular flexibility index (Phi) is 6.39. The lowest BCUT2D eigenvalue weighted by Crippen LogP contribution is -2.36. The van der Waals surface area contributed by atoms with Crippen LogP contribution in [0.5, 0.6) is 0 Å². The highest BCUT2D eigenvalue weighted by Crippen LogP contribution is 2.52. The second kappa shape index (κ2) is 9.68. The fourth-order valence-corrected chi connectivity index (χ4v) is 6.60. The molecule has 0 unspecified atom stereocenters. The van der Waals surface area contributed by atoms with Gasteiger partial charge in [0.15, 0.2) is 0 Å². The molecule has 0 bridgehead atoms. The third-order valence-electron chi connectivity index (χ3n) is 8.84. The number of nitrogens with zero attached hydrogens (tertiary/aromatic N) is 1. The number of nitrogens with one attached hydrogen (secondary N) is 1. The number of hydrogen-bond acceptors (Lipinski definition) is 4. The number of methoxy groups -OCH3 is 1. The van der Waals surface area contributed by atoms with Crippen molar-refractivity contribution < 1.29 is 27.5 Å². The molecule has 3 aliphatic rings. The summed E-state index contributed by atoms with van der Waals surface area (Å²) in [5.74, 6) is -0.576. The van der Waals surface area contributed by atoms with Gasteiger partial charge in [0.05, 0.1) is 35.0 Å². The van der Waals surface area contributed by atoms with Crippen LogP contribution in [0.2, 0.25) is 0 Å². The molecule has 0 atom stereocenters. The maximum Gasteiger partial charge on any atom is 0.416 e. The summed E-state index contributed by atoms with van der Waals surface area (Å²) in [5, 5.41) is 3.27. The number of esters is 1. The molecular formula is C32H31F3N2O3. The van der Waals surface area contributed by atoms with Crippen molar-refractivity contribution in [3.8, 4) is 0 Å². The second-order valence-corrected chi connectivity index (χ2v) is 11.3. The van der Waals surface area contributed by atoms with Crippen LogP contribution in [-0.4, -0.2) is 25.5 Å². The summed E-state index contributed by atoms with van der Waals surface area (Å²) in [4.78, 5) is 27.9. The van der Waals surface area contributed by atoms with Crippen molar-refractivity contribution in [2.75, 3.05) is 18.6 Å². The Hall–Kier alpha value is -3.81. The molecule has 2 aliphatic carbocycles. The Bertz CT molecular complexity index is 1440. The number of alkyl halides is 3. The Balaban J connectivity index is 1.30. The summed E-state index contributed by atoms with van der Waals surface area (Å²) >= 11 is 0. The molecule has 8 heteroatoms. The van der Waals surface area contributed by atoms with Gasteiger partial charge in [0.25, 0.3) is 5.91 Å². The summed E-state index contributed by atoms with van der Waals surface area (Å²) in [6, 6.07) is 18.4. The SMILES string of the molecule is COC(=O)c1ccc(C2(NC(=O)c3cccc4c3N(Cc3ccc(C(F)(F)F)cc3)CC43CCCC3)CC2)cc1. The zero-order valence-electron chi connectivity index (χ0n) is 22.3. The van der Waals surface area contributed by atoms with E-state index >= 15 is 0 Å². The van der Waals surface area contributed by atoms with Gasteiger partial charge < -0.3 is 15.0 Å². The van der Waals surface area contributed by atoms with Gasteiger partial charge in [-0.2, -0.15) is 13.2 Å². The molecular weight excluding hydrogens is 517 g/mol. The van der Waals surface area contributed by atoms with Crippen LogP contribution in [0.3, 0.4) is 0 Å². The normalized spacial score (nSPS) is 18.4. The minimum atomic E-state index is -4.38. The van der Waals surface area contributed by atoms with Gasteiger partial charge >= 0.3 is 12.1 Å². The van der Waals surface area contributed by atoms with Crippen LogP contribution >= 0.6 is 0 Å². The van der Waals surface area contributed by atoms with E-state index in [-0.39, 0.29) is 11.3 Å². The van der Waals surface area contributed by atoms with Crippen molar-refractivity contribution in [1.29, 1.82) is 0 Å². The monoisotopic (exact) mass is 548 g/mol. The number of para-hydroxylation sites is 1. The molecule has 208 valence electrons. The summed E-state index contributed by atoms with van der Waals surface area (Å²) < 4.78 is 44.2. The summed E-state index contributed by atoms with van der Waals surface area (Å²) in [6.45, 7) is 1.17. The summed E-state index contributed by atoms with van der Waals surface area (Å²) in [5.41, 5.74) is 3.61. The predicted octanol–water partition coefficient (Wildman–Crippen LogP) is 6.74. The molecule has 0 saturated heterocycles. The van der Waals surface area contributed by atoms with Gasteiger partial charge in [0, 0.05) is 18.5 Å². The number of anilines is 1. The van der Waals surface area contributed by atoms with Gasteiger partial charge in [-0.1, -0.05) is 49.2 Å². The second-order valence-electron chi connectivity index (χ2n) is 11.3. The molecule has 6 rings (SSSR count). The molecule has 1 aliphatic heterocycles. The number of carbonyl (C=O) groups excluding carboxylic acids is 2. The highest BCUT2D eigenvalue weighted by atomic mass is 19.4. The molecule has 0 aromatic heterocycles. The van der Waals surface area contributed by atoms with E-state index in [4.69, 9.17) is 4.74 Å². The Morgan fingerprint density at radius 3 is 2.20 bits per heavy atom. The van der Waals surface area contributed by atoms with Crippen LogP contribution in [0.4, 0.5) is 18.9 Å². The number of halogens is 3. The number of hydrogen-bond donors (Lipinski definition) is 1. The first-order chi connectivity index (χ1) is 19.1. The number of fused-ring (bicyclic) bond motifs is 2. The topological polar surface area (TPSA) is 58.6 Å². The Morgan fingerprint density at radius 1 is 0.925 bits per heavy atom. The van der Waals surface area contributed by atoms with Gasteiger partial charge in [-0.25, -0.2) is 4.79 Å². The minimum Gasteiger partial charge on any atom is -0.465 e. The zero-order chi connectivity index (χ0) is 28.1. The lowest BCUT2D eigenvalue weighted by Gasteiger charge is -2.26. The van der Waals surface area contributed by atoms with Crippen LogP contribution in [0, 0.1) is 0 Å². The fourth-order valence-electron chi connectivity index (χ4n) is 6.60. The molecule has 1 N–H and O–H groups in total. The molecule has 40 heavy (non-hydrogen) atoms. The standard InChI is InChI=1S/C32H31F3N2O3/c1-40-29(39)22-9-13-23(14-10-22)31(17-18-31)36-28(38)25-5-4-6-26-27(25)37(20-30(26)15-2-3-16-30)19-21-7-11-24(12-8-21)32(33,34)35/h4-14H,2-3,15-20H2,1H3,(H,36,38). The number of rotatable bonds is 6. The fraction of sp³-hybridized carbons (Fsp3) is 0.375. The number of ether oxygens (including phenoxy) is 1. The predicted molar refractivity (Wildman–Crippen MR) is 145 cm³/mol. The number of carbonyl (C=O) groups is 2. The first kappa shape index (κ1) is 26.4. The van der Waals surface area contributed by atoms with Gasteiger partial charge in [0.1, 0.15) is 0 Å². The van der Waals surface area contributed by atoms with Crippen molar-refractivity contribution in [3.63, 3.8) is 0 Å². The Morgan fingerprint density at radius 2 is 1.60 bits per heavy atom. The van der Waals surface area contributed by atoms with Crippen molar-refractivity contribution in [2.45, 2.75) is 62.2 Å². The highest BCUT2D eigenvalue weighted by molar-refractivity contribution is 6.02. The van der Waals surface area contributed by atoms with Gasteiger partial charge in [-0.15, -0.1) is 0 Å². The lowest BCUT2D eigenvalue weighted by atomic mass is 9.80. The molecule has 0 radical (unpaired) electrons. The van der Waals surface area contributed by atoms with E-state index in [1.54, 1.807) is 12.1 Å². The quantitative estimate of drug-likeness (QED) is 0.347. The third-order valence-corrected chi connectivity index (χ3v) is 8.84. The summed E-state index contributed by atoms with van der Waals surface area (Å²) in [6.07, 6.45) is 1.52. The van der Waals surface area contributed by atoms with Crippen molar-refractivity contribution >= 4 is 17.6 Å². The first-order valence-electron chi connectivity index (χ1n) is 13.7. The van der Waals surface area contributed by atoms with Gasteiger partial charge in [0.2, 0.25) is 0 Å². The number of amides is 1. The maximum atomic E-state index is 13.9. The largest absolute Gasteiger partial charge is 0.465 e. The molecule has 1 heterocycles. The maximum absolute atomic E-state index is 13.9. The minimum absolute atomic E-state index is 0.0431. The van der Waals surface area contributed by atoms with E-state index in [0.717, 1.165) is 79.6 Å². The highest BCUT2D eigenvalue weighted by Gasteiger charge is 2.48. The molecule has 3 aromatic carbocycles. The van der Waals surface area contributed by atoms with E-state index < -0.39 is 23.2 Å². The molecule has 3 aromatic rings. The van der Waals surface area contributed by atoms with Gasteiger partial charge in [-0.3, -0.25) is 4.79 Å². The average molecular weight is 549 g/mol. The van der Waals surface area contributed by atoms with E-state index in [2.05, 4.69) is 16.3 Å². The first-order valence-corrected chi connectivity index (χ1v) is 13.7. The van der Waals surface area contributed by atoms with Crippen LogP contribution in [0.15, 0.2) is 66.7 Å². The Labute approximate surface area is 231 Å². The molecule has 5 nitrogen and oxygen atoms in total. The molecule has 1 amide bonds. The van der Waals surface area contributed by atoms with Crippen molar-refractivity contribution in [3.05, 3.63) is 100 Å². The van der Waals surface area contributed by atoms with Crippen molar-refractivity contribution in [2.24, 2.45) is 0 Å². The van der Waals surface area contributed by atoms with Crippen LogP contribution in [-0.2, 0) is 28.4 Å². The molecule has 1 spiro atoms. The van der Waals surface area contributed by atoms with E-state index in [1.807, 2.05) is 24.3 Å². The van der Waals surface area contributed by atoms with Gasteiger partial charge in [-0.05, 0) is 72.7 Å². The average Bonchev–Trinajstić information content (AvgIpc) is 3.46. The van der Waals surface area contributed by atoms with E-state index in [0.29, 0.717) is 17.7 Å².